The van der Waals surface area contributed by atoms with E-state index >= 15 is 0 Å². The van der Waals surface area contributed by atoms with Crippen molar-refractivity contribution in [1.82, 2.24) is 5.32 Å². The Hall–Kier alpha value is -1.24. The predicted molar refractivity (Wildman–Crippen MR) is 71.8 cm³/mol. The summed E-state index contributed by atoms with van der Waals surface area (Å²) in [5, 5.41) is 16.4. The second kappa shape index (κ2) is 7.25. The first kappa shape index (κ1) is 14.8. The highest BCUT2D eigenvalue weighted by Crippen LogP contribution is 2.42. The van der Waals surface area contributed by atoms with Crippen LogP contribution in [0.1, 0.15) is 46.0 Å². The summed E-state index contributed by atoms with van der Waals surface area (Å²) in [6.07, 6.45) is 5.12. The Kier molecular flexibility index (Phi) is 5.97. The number of nitriles is 1. The zero-order valence-corrected chi connectivity index (χ0v) is 11.4. The van der Waals surface area contributed by atoms with E-state index in [9.17, 15) is 5.26 Å². The van der Waals surface area contributed by atoms with Gasteiger partial charge in [-0.25, -0.2) is 0 Å². The van der Waals surface area contributed by atoms with Crippen molar-refractivity contribution in [3.05, 3.63) is 10.4 Å². The third-order valence-electron chi connectivity index (χ3n) is 3.53. The monoisotopic (exact) mass is 249 g/mol. The van der Waals surface area contributed by atoms with Gasteiger partial charge in [-0.05, 0) is 56.0 Å². The molecule has 0 aromatic heterocycles. The molecular formula is C13H23N5. The molecule has 1 rings (SSSR count). The molecule has 5 heteroatoms. The summed E-state index contributed by atoms with van der Waals surface area (Å²) in [5.41, 5.74) is 7.85. The van der Waals surface area contributed by atoms with Crippen molar-refractivity contribution >= 4 is 0 Å². The van der Waals surface area contributed by atoms with Crippen LogP contribution in [0.5, 0.6) is 0 Å². The van der Waals surface area contributed by atoms with Crippen LogP contribution in [0.15, 0.2) is 5.11 Å². The molecule has 1 unspecified atom stereocenters. The van der Waals surface area contributed by atoms with E-state index in [0.29, 0.717) is 18.4 Å². The molecule has 0 aromatic carbocycles. The maximum Gasteiger partial charge on any atom is 0.109 e. The second-order valence-electron chi connectivity index (χ2n) is 5.52. The van der Waals surface area contributed by atoms with Gasteiger partial charge in [-0.3, -0.25) is 5.32 Å². The van der Waals surface area contributed by atoms with E-state index in [2.05, 4.69) is 35.3 Å². The van der Waals surface area contributed by atoms with Crippen molar-refractivity contribution in [2.45, 2.75) is 51.5 Å². The lowest BCUT2D eigenvalue weighted by atomic mass is 9.86. The van der Waals surface area contributed by atoms with Gasteiger partial charge >= 0.3 is 0 Å². The van der Waals surface area contributed by atoms with E-state index in [-0.39, 0.29) is 5.54 Å². The lowest BCUT2D eigenvalue weighted by Gasteiger charge is -2.29. The van der Waals surface area contributed by atoms with Gasteiger partial charge in [-0.1, -0.05) is 19.0 Å². The van der Waals surface area contributed by atoms with Crippen molar-refractivity contribution in [3.8, 4) is 6.07 Å². The van der Waals surface area contributed by atoms with E-state index in [1.54, 1.807) is 0 Å². The largest absolute Gasteiger partial charge is 0.299 e. The Balaban J connectivity index is 2.44. The average molecular weight is 249 g/mol. The fourth-order valence-corrected chi connectivity index (χ4v) is 2.22. The molecule has 100 valence electrons. The molecule has 1 N–H and O–H groups in total. The number of nitrogens with one attached hydrogen (secondary N) is 1. The van der Waals surface area contributed by atoms with E-state index in [1.165, 1.54) is 0 Å². The number of rotatable bonds is 9. The van der Waals surface area contributed by atoms with Crippen LogP contribution in [-0.2, 0) is 0 Å². The van der Waals surface area contributed by atoms with Crippen molar-refractivity contribution in [1.29, 1.82) is 5.26 Å². The summed E-state index contributed by atoms with van der Waals surface area (Å²) in [5.74, 6) is 1.14. The van der Waals surface area contributed by atoms with Gasteiger partial charge in [0.2, 0.25) is 0 Å². The maximum atomic E-state index is 9.51. The van der Waals surface area contributed by atoms with Crippen LogP contribution < -0.4 is 5.32 Å². The second-order valence-corrected chi connectivity index (χ2v) is 5.52. The van der Waals surface area contributed by atoms with Gasteiger partial charge in [-0.2, -0.15) is 5.26 Å². The summed E-state index contributed by atoms with van der Waals surface area (Å²) >= 11 is 0. The zero-order chi connectivity index (χ0) is 13.4. The SMILES string of the molecule is CC(C)CCC(C#N)(NCCCN=[N+]=[N-])C1CC1. The van der Waals surface area contributed by atoms with Crippen molar-refractivity contribution < 1.29 is 0 Å². The molecule has 1 atom stereocenters. The Labute approximate surface area is 109 Å². The topological polar surface area (TPSA) is 84.6 Å². The first-order valence-electron chi connectivity index (χ1n) is 6.82. The quantitative estimate of drug-likeness (QED) is 0.294. The highest BCUT2D eigenvalue weighted by molar-refractivity contribution is 5.15. The summed E-state index contributed by atoms with van der Waals surface area (Å²) in [6.45, 7) is 5.63. The minimum atomic E-state index is -0.347. The van der Waals surface area contributed by atoms with Crippen LogP contribution in [0, 0.1) is 23.2 Å². The molecule has 1 aliphatic rings. The fourth-order valence-electron chi connectivity index (χ4n) is 2.22. The summed E-state index contributed by atoms with van der Waals surface area (Å²) in [4.78, 5) is 2.73. The van der Waals surface area contributed by atoms with Crippen molar-refractivity contribution in [2.24, 2.45) is 17.0 Å². The summed E-state index contributed by atoms with van der Waals surface area (Å²) in [6, 6.07) is 2.51. The van der Waals surface area contributed by atoms with E-state index in [4.69, 9.17) is 5.53 Å². The van der Waals surface area contributed by atoms with Gasteiger partial charge in [-0.15, -0.1) is 0 Å². The van der Waals surface area contributed by atoms with E-state index in [0.717, 1.165) is 38.6 Å². The predicted octanol–water partition coefficient (Wildman–Crippen LogP) is 3.38. The Morgan fingerprint density at radius 1 is 1.56 bits per heavy atom. The smallest absolute Gasteiger partial charge is 0.109 e. The lowest BCUT2D eigenvalue weighted by molar-refractivity contribution is 0.315. The Morgan fingerprint density at radius 2 is 2.28 bits per heavy atom. The standard InChI is InChI=1S/C13H23N5/c1-11(2)6-7-13(10-14,12-4-5-12)16-8-3-9-17-18-15/h11-12,16H,3-9H2,1-2H3. The minimum Gasteiger partial charge on any atom is -0.299 e. The minimum absolute atomic E-state index is 0.347. The molecule has 1 saturated carbocycles. The van der Waals surface area contributed by atoms with Gasteiger partial charge in [0.1, 0.15) is 5.54 Å². The zero-order valence-electron chi connectivity index (χ0n) is 11.4. The highest BCUT2D eigenvalue weighted by atomic mass is 15.1. The van der Waals surface area contributed by atoms with E-state index < -0.39 is 0 Å². The highest BCUT2D eigenvalue weighted by Gasteiger charge is 2.44. The molecular weight excluding hydrogens is 226 g/mol. The van der Waals surface area contributed by atoms with Gasteiger partial charge < -0.3 is 0 Å². The maximum absolute atomic E-state index is 9.51. The first-order chi connectivity index (χ1) is 8.64. The Morgan fingerprint density at radius 3 is 2.78 bits per heavy atom. The third-order valence-corrected chi connectivity index (χ3v) is 3.53. The van der Waals surface area contributed by atoms with Crippen LogP contribution in [0.25, 0.3) is 10.4 Å². The van der Waals surface area contributed by atoms with Crippen LogP contribution in [-0.4, -0.2) is 18.6 Å². The lowest BCUT2D eigenvalue weighted by Crippen LogP contribution is -2.46. The molecule has 0 saturated heterocycles. The normalized spacial score (nSPS) is 17.9. The molecule has 0 bridgehead atoms. The number of nitrogens with zero attached hydrogens (tertiary/aromatic N) is 4. The first-order valence-corrected chi connectivity index (χ1v) is 6.82. The van der Waals surface area contributed by atoms with Crippen molar-refractivity contribution in [2.75, 3.05) is 13.1 Å². The van der Waals surface area contributed by atoms with Crippen molar-refractivity contribution in [3.63, 3.8) is 0 Å². The van der Waals surface area contributed by atoms with E-state index in [1.807, 2.05) is 0 Å². The molecule has 0 spiro atoms. The van der Waals surface area contributed by atoms with Gasteiger partial charge in [0.25, 0.3) is 0 Å². The average Bonchev–Trinajstić information content (AvgIpc) is 3.17. The third kappa shape index (κ3) is 4.56. The molecule has 1 aliphatic carbocycles. The molecule has 0 radical (unpaired) electrons. The van der Waals surface area contributed by atoms with Gasteiger partial charge in [0, 0.05) is 11.5 Å². The van der Waals surface area contributed by atoms with Crippen LogP contribution >= 0.6 is 0 Å². The summed E-state index contributed by atoms with van der Waals surface area (Å²) in [7, 11) is 0. The van der Waals surface area contributed by atoms with Crippen LogP contribution in [0.2, 0.25) is 0 Å². The molecule has 0 aliphatic heterocycles. The molecule has 0 heterocycles. The van der Waals surface area contributed by atoms with Crippen LogP contribution in [0.3, 0.4) is 0 Å². The number of hydrogen-bond donors (Lipinski definition) is 1. The van der Waals surface area contributed by atoms with Gasteiger partial charge in [0.15, 0.2) is 0 Å². The number of hydrogen-bond acceptors (Lipinski definition) is 3. The molecule has 5 nitrogen and oxygen atoms in total. The molecule has 1 fully saturated rings. The van der Waals surface area contributed by atoms with Gasteiger partial charge in [0.05, 0.1) is 6.07 Å². The Bertz CT molecular complexity index is 336. The molecule has 0 amide bonds. The fraction of sp³-hybridized carbons (Fsp3) is 0.923. The molecule has 18 heavy (non-hydrogen) atoms. The summed E-state index contributed by atoms with van der Waals surface area (Å²) < 4.78 is 0. The number of azide groups is 1. The van der Waals surface area contributed by atoms with Crippen LogP contribution in [0.4, 0.5) is 0 Å². The molecule has 0 aromatic rings.